The average Bonchev–Trinajstić information content (AvgIpc) is 3.06. The second-order valence-electron chi connectivity index (χ2n) is 6.10. The molecule has 0 radical (unpaired) electrons. The highest BCUT2D eigenvalue weighted by Gasteiger charge is 2.36. The number of nitrogens with zero attached hydrogens (tertiary/aromatic N) is 1. The van der Waals surface area contributed by atoms with Gasteiger partial charge in [0.25, 0.3) is 5.91 Å². The largest absolute Gasteiger partial charge is 0.492 e. The lowest BCUT2D eigenvalue weighted by molar-refractivity contribution is 0.0839. The highest BCUT2D eigenvalue weighted by molar-refractivity contribution is 7.19. The molecule has 2 heterocycles. The van der Waals surface area contributed by atoms with Crippen molar-refractivity contribution in [3.8, 4) is 5.75 Å². The smallest absolute Gasteiger partial charge is 0.263 e. The van der Waals surface area contributed by atoms with Gasteiger partial charge >= 0.3 is 0 Å². The van der Waals surface area contributed by atoms with Gasteiger partial charge in [-0.2, -0.15) is 0 Å². The van der Waals surface area contributed by atoms with Crippen LogP contribution in [0, 0.1) is 0 Å². The zero-order valence-corrected chi connectivity index (χ0v) is 13.1. The number of nitrogens with two attached hydrogens (primary N) is 1. The summed E-state index contributed by atoms with van der Waals surface area (Å²) >= 11 is 1.34. The summed E-state index contributed by atoms with van der Waals surface area (Å²) in [4.78, 5) is 14.8. The van der Waals surface area contributed by atoms with Crippen molar-refractivity contribution in [2.45, 2.75) is 37.8 Å². The predicted molar refractivity (Wildman–Crippen MR) is 83.2 cm³/mol. The van der Waals surface area contributed by atoms with Gasteiger partial charge in [0, 0.05) is 19.1 Å². The van der Waals surface area contributed by atoms with E-state index in [9.17, 15) is 9.90 Å². The Morgan fingerprint density at radius 3 is 2.81 bits per heavy atom. The number of carbonyl (C=O) groups excluding carboxylic acids is 1. The van der Waals surface area contributed by atoms with Gasteiger partial charge in [0.2, 0.25) is 0 Å². The highest BCUT2D eigenvalue weighted by Crippen LogP contribution is 2.46. The van der Waals surface area contributed by atoms with Gasteiger partial charge in [-0.25, -0.2) is 0 Å². The summed E-state index contributed by atoms with van der Waals surface area (Å²) in [6, 6.07) is 0.293. The minimum absolute atomic E-state index is 0.129. The van der Waals surface area contributed by atoms with Crippen molar-refractivity contribution in [2.75, 3.05) is 30.8 Å². The number of hydrogen-bond donors (Lipinski definition) is 3. The maximum atomic E-state index is 12.2. The van der Waals surface area contributed by atoms with Crippen LogP contribution in [0.15, 0.2) is 0 Å². The summed E-state index contributed by atoms with van der Waals surface area (Å²) in [5, 5.41) is 13.9. The van der Waals surface area contributed by atoms with E-state index in [1.165, 1.54) is 11.3 Å². The number of carbonyl (C=O) groups is 1. The lowest BCUT2D eigenvalue weighted by Crippen LogP contribution is -2.29. The molecule has 2 aliphatic rings. The van der Waals surface area contributed by atoms with Crippen LogP contribution in [0.4, 0.5) is 10.7 Å². The fraction of sp³-hybridized carbons (Fsp3) is 0.643. The lowest BCUT2D eigenvalue weighted by atomic mass is 10.1. The van der Waals surface area contributed by atoms with Gasteiger partial charge in [0.15, 0.2) is 5.75 Å². The number of aliphatic hydroxyl groups is 1. The number of rotatable bonds is 4. The van der Waals surface area contributed by atoms with E-state index in [2.05, 4.69) is 5.32 Å². The maximum Gasteiger partial charge on any atom is 0.263 e. The fourth-order valence-corrected chi connectivity index (χ4v) is 3.71. The summed E-state index contributed by atoms with van der Waals surface area (Å²) in [5.74, 6) is 0.411. The first-order valence-corrected chi connectivity index (χ1v) is 7.97. The molecule has 1 aromatic heterocycles. The molecule has 0 aromatic carbocycles. The van der Waals surface area contributed by atoms with Crippen molar-refractivity contribution in [1.82, 2.24) is 5.32 Å². The molecular weight excluding hydrogens is 290 g/mol. The summed E-state index contributed by atoms with van der Waals surface area (Å²) in [6.45, 7) is 3.07. The minimum atomic E-state index is -0.708. The second kappa shape index (κ2) is 5.06. The van der Waals surface area contributed by atoms with Gasteiger partial charge in [-0.1, -0.05) is 0 Å². The molecule has 1 saturated heterocycles. The Kier molecular flexibility index (Phi) is 3.49. The van der Waals surface area contributed by atoms with Crippen LogP contribution in [0.1, 0.15) is 35.9 Å². The Hall–Kier alpha value is -1.47. The minimum Gasteiger partial charge on any atom is -0.492 e. The standard InChI is InChI=1S/C14H21N3O3S/c1-14(19)5-6-17(7-14)13-10(20-2)9(15)11(21-13)12(18)16-8-3-4-8/h8,19H,3-7,15H2,1-2H3,(H,16,18). The lowest BCUT2D eigenvalue weighted by Gasteiger charge is -2.20. The SMILES string of the molecule is COc1c(N2CCC(C)(O)C2)sc(C(=O)NC2CC2)c1N. The Labute approximate surface area is 127 Å². The van der Waals surface area contributed by atoms with Crippen molar-refractivity contribution in [1.29, 1.82) is 0 Å². The van der Waals surface area contributed by atoms with Crippen LogP contribution in [0.25, 0.3) is 0 Å². The number of amides is 1. The fourth-order valence-electron chi connectivity index (χ4n) is 2.59. The van der Waals surface area contributed by atoms with Crippen molar-refractivity contribution in [3.63, 3.8) is 0 Å². The number of methoxy groups -OCH3 is 1. The first kappa shape index (κ1) is 14.5. The van der Waals surface area contributed by atoms with E-state index >= 15 is 0 Å². The Balaban J connectivity index is 1.88. The van der Waals surface area contributed by atoms with E-state index < -0.39 is 5.60 Å². The van der Waals surface area contributed by atoms with Crippen LogP contribution < -0.4 is 20.7 Å². The molecule has 1 unspecified atom stereocenters. The molecule has 1 aromatic rings. The van der Waals surface area contributed by atoms with Gasteiger partial charge in [0.05, 0.1) is 12.7 Å². The van der Waals surface area contributed by atoms with Crippen molar-refractivity contribution >= 4 is 27.9 Å². The quantitative estimate of drug-likeness (QED) is 0.777. The molecule has 3 rings (SSSR count). The number of nitrogens with one attached hydrogen (secondary N) is 1. The van der Waals surface area contributed by atoms with Crippen molar-refractivity contribution < 1.29 is 14.6 Å². The van der Waals surface area contributed by atoms with Gasteiger partial charge < -0.3 is 25.8 Å². The maximum absolute atomic E-state index is 12.2. The average molecular weight is 311 g/mol. The molecule has 0 spiro atoms. The van der Waals surface area contributed by atoms with Gasteiger partial charge in [-0.3, -0.25) is 4.79 Å². The van der Waals surface area contributed by atoms with Crippen LogP contribution in [0.3, 0.4) is 0 Å². The monoisotopic (exact) mass is 311 g/mol. The third-order valence-corrected chi connectivity index (χ3v) is 5.19. The normalized spacial score (nSPS) is 25.2. The summed E-state index contributed by atoms with van der Waals surface area (Å²) in [6.07, 6.45) is 2.77. The molecule has 1 amide bonds. The molecule has 6 nitrogen and oxygen atoms in total. The number of hydrogen-bond acceptors (Lipinski definition) is 6. The van der Waals surface area contributed by atoms with E-state index in [4.69, 9.17) is 10.5 Å². The van der Waals surface area contributed by atoms with Crippen LogP contribution in [0.5, 0.6) is 5.75 Å². The predicted octanol–water partition coefficient (Wildman–Crippen LogP) is 1.19. The first-order chi connectivity index (χ1) is 9.91. The molecule has 116 valence electrons. The molecule has 1 atom stereocenters. The highest BCUT2D eigenvalue weighted by atomic mass is 32.1. The van der Waals surface area contributed by atoms with Crippen molar-refractivity contribution in [2.24, 2.45) is 0 Å². The Bertz CT molecular complexity index is 566. The number of anilines is 2. The molecule has 7 heteroatoms. The Morgan fingerprint density at radius 2 is 2.29 bits per heavy atom. The molecule has 2 fully saturated rings. The number of nitrogen functional groups attached to an aromatic ring is 1. The van der Waals surface area contributed by atoms with E-state index in [1.807, 2.05) is 11.8 Å². The number of β-amino-alcohol motifs (C(OH)–C–C–N with tert-alkyl or cyclic N) is 1. The molecule has 1 aliphatic carbocycles. The van der Waals surface area contributed by atoms with E-state index in [-0.39, 0.29) is 5.91 Å². The molecule has 1 aliphatic heterocycles. The Morgan fingerprint density at radius 1 is 1.57 bits per heavy atom. The molecule has 0 bridgehead atoms. The molecule has 21 heavy (non-hydrogen) atoms. The van der Waals surface area contributed by atoms with E-state index in [1.54, 1.807) is 7.11 Å². The van der Waals surface area contributed by atoms with Gasteiger partial charge in [-0.05, 0) is 26.2 Å². The van der Waals surface area contributed by atoms with Crippen LogP contribution in [-0.4, -0.2) is 42.9 Å². The van der Waals surface area contributed by atoms with Crippen LogP contribution >= 0.6 is 11.3 Å². The topological polar surface area (TPSA) is 87.8 Å². The zero-order chi connectivity index (χ0) is 15.2. The van der Waals surface area contributed by atoms with E-state index in [0.717, 1.165) is 24.4 Å². The van der Waals surface area contributed by atoms with E-state index in [0.29, 0.717) is 35.3 Å². The van der Waals surface area contributed by atoms with Gasteiger partial charge in [-0.15, -0.1) is 11.3 Å². The molecule has 4 N–H and O–H groups in total. The van der Waals surface area contributed by atoms with Crippen molar-refractivity contribution in [3.05, 3.63) is 4.88 Å². The second-order valence-corrected chi connectivity index (χ2v) is 7.10. The number of ether oxygens (including phenoxy) is 1. The third kappa shape index (κ3) is 2.80. The first-order valence-electron chi connectivity index (χ1n) is 7.16. The van der Waals surface area contributed by atoms with Gasteiger partial charge in [0.1, 0.15) is 15.6 Å². The molecular formula is C14H21N3O3S. The summed E-state index contributed by atoms with van der Waals surface area (Å²) in [7, 11) is 1.55. The van der Waals surface area contributed by atoms with Crippen LogP contribution in [0.2, 0.25) is 0 Å². The summed E-state index contributed by atoms with van der Waals surface area (Å²) < 4.78 is 5.39. The zero-order valence-electron chi connectivity index (χ0n) is 12.3. The van der Waals surface area contributed by atoms with Crippen LogP contribution in [-0.2, 0) is 0 Å². The summed E-state index contributed by atoms with van der Waals surface area (Å²) in [5.41, 5.74) is 5.77. The molecule has 1 saturated carbocycles. The number of thiophene rings is 1. The third-order valence-electron chi connectivity index (χ3n) is 3.94.